The van der Waals surface area contributed by atoms with Crippen molar-refractivity contribution in [3.63, 3.8) is 0 Å². The van der Waals surface area contributed by atoms with Gasteiger partial charge in [-0.15, -0.1) is 11.3 Å². The van der Waals surface area contributed by atoms with Gasteiger partial charge in [0.2, 0.25) is 0 Å². The van der Waals surface area contributed by atoms with E-state index in [1.807, 2.05) is 23.7 Å². The van der Waals surface area contributed by atoms with Crippen LogP contribution in [-0.2, 0) is 19.4 Å². The molecule has 0 N–H and O–H groups in total. The van der Waals surface area contributed by atoms with Crippen molar-refractivity contribution < 1.29 is 0 Å². The SMILES string of the molecule is CCN1CCCC1CN(Cc1ccncc1)c1ncnc2sc3c(c12)CCC3. The molecule has 0 bridgehead atoms. The number of likely N-dealkylation sites (tertiary alicyclic amines) is 1. The largest absolute Gasteiger partial charge is 0.350 e. The molecule has 146 valence electrons. The second-order valence-corrected chi connectivity index (χ2v) is 8.98. The van der Waals surface area contributed by atoms with Crippen molar-refractivity contribution in [2.24, 2.45) is 0 Å². The summed E-state index contributed by atoms with van der Waals surface area (Å²) in [4.78, 5) is 21.5. The Morgan fingerprint density at radius 1 is 1.18 bits per heavy atom. The van der Waals surface area contributed by atoms with Crippen molar-refractivity contribution >= 4 is 27.4 Å². The van der Waals surface area contributed by atoms with Crippen molar-refractivity contribution in [3.8, 4) is 0 Å². The first-order valence-corrected chi connectivity index (χ1v) is 11.3. The number of rotatable bonds is 6. The average Bonchev–Trinajstić information content (AvgIpc) is 3.43. The first-order valence-electron chi connectivity index (χ1n) is 10.5. The lowest BCUT2D eigenvalue weighted by Gasteiger charge is -2.31. The van der Waals surface area contributed by atoms with Crippen LogP contribution in [-0.4, -0.2) is 45.5 Å². The maximum atomic E-state index is 4.83. The first-order chi connectivity index (χ1) is 13.8. The van der Waals surface area contributed by atoms with Crippen LogP contribution in [0.15, 0.2) is 30.9 Å². The number of fused-ring (bicyclic) bond motifs is 3. The average molecular weight is 394 g/mol. The Kier molecular flexibility index (Phi) is 4.99. The van der Waals surface area contributed by atoms with Crippen LogP contribution in [0.5, 0.6) is 0 Å². The predicted octanol–water partition coefficient (Wildman–Crippen LogP) is 4.07. The van der Waals surface area contributed by atoms with E-state index >= 15 is 0 Å². The van der Waals surface area contributed by atoms with E-state index in [4.69, 9.17) is 4.98 Å². The third-order valence-corrected chi connectivity index (χ3v) is 7.44. The van der Waals surface area contributed by atoms with E-state index in [0.717, 1.165) is 30.3 Å². The highest BCUT2D eigenvalue weighted by Crippen LogP contribution is 2.40. The Hall–Kier alpha value is -2.05. The number of anilines is 1. The molecule has 5 nitrogen and oxygen atoms in total. The Balaban J connectivity index is 1.55. The summed E-state index contributed by atoms with van der Waals surface area (Å²) in [6.07, 6.45) is 11.7. The topological polar surface area (TPSA) is 45.2 Å². The van der Waals surface area contributed by atoms with E-state index in [1.165, 1.54) is 60.0 Å². The minimum absolute atomic E-state index is 0.600. The lowest BCUT2D eigenvalue weighted by molar-refractivity contribution is 0.268. The summed E-state index contributed by atoms with van der Waals surface area (Å²) in [6.45, 7) is 6.51. The van der Waals surface area contributed by atoms with Crippen molar-refractivity contribution in [2.75, 3.05) is 24.5 Å². The summed E-state index contributed by atoms with van der Waals surface area (Å²) in [5.41, 5.74) is 2.80. The molecular weight excluding hydrogens is 366 g/mol. The third-order valence-electron chi connectivity index (χ3n) is 6.24. The number of aryl methyl sites for hydroxylation is 2. The molecule has 0 amide bonds. The van der Waals surface area contributed by atoms with Crippen molar-refractivity contribution in [3.05, 3.63) is 46.9 Å². The van der Waals surface area contributed by atoms with Crippen LogP contribution in [0, 0.1) is 0 Å². The minimum atomic E-state index is 0.600. The Morgan fingerprint density at radius 2 is 2.07 bits per heavy atom. The van der Waals surface area contributed by atoms with Crippen molar-refractivity contribution in [1.82, 2.24) is 19.9 Å². The number of hydrogen-bond donors (Lipinski definition) is 0. The van der Waals surface area contributed by atoms with E-state index < -0.39 is 0 Å². The summed E-state index contributed by atoms with van der Waals surface area (Å²) >= 11 is 1.87. The van der Waals surface area contributed by atoms with E-state index in [0.29, 0.717) is 6.04 Å². The fraction of sp³-hybridized carbons (Fsp3) is 0.500. The van der Waals surface area contributed by atoms with Crippen LogP contribution < -0.4 is 4.90 Å². The first kappa shape index (κ1) is 18.0. The van der Waals surface area contributed by atoms with Gasteiger partial charge < -0.3 is 4.90 Å². The highest BCUT2D eigenvalue weighted by atomic mass is 32.1. The van der Waals surface area contributed by atoms with Gasteiger partial charge in [0, 0.05) is 36.4 Å². The van der Waals surface area contributed by atoms with Gasteiger partial charge in [0.05, 0.1) is 5.39 Å². The standard InChI is InChI=1S/C22H27N5S/c1-2-26-12-4-5-17(26)14-27(13-16-8-10-23-11-9-16)21-20-18-6-3-7-19(18)28-22(20)25-15-24-21/h8-11,15,17H,2-7,12-14H2,1H3. The summed E-state index contributed by atoms with van der Waals surface area (Å²) in [6, 6.07) is 4.84. The lowest BCUT2D eigenvalue weighted by Crippen LogP contribution is -2.40. The monoisotopic (exact) mass is 393 g/mol. The van der Waals surface area contributed by atoms with Gasteiger partial charge in [-0.3, -0.25) is 9.88 Å². The normalized spacial score (nSPS) is 19.4. The van der Waals surface area contributed by atoms with Crippen LogP contribution in [0.4, 0.5) is 5.82 Å². The number of aromatic nitrogens is 3. The van der Waals surface area contributed by atoms with E-state index in [2.05, 4.69) is 38.8 Å². The van der Waals surface area contributed by atoms with Gasteiger partial charge >= 0.3 is 0 Å². The molecule has 1 saturated heterocycles. The predicted molar refractivity (Wildman–Crippen MR) is 115 cm³/mol. The summed E-state index contributed by atoms with van der Waals surface area (Å²) in [5.74, 6) is 1.13. The Labute approximate surface area is 170 Å². The van der Waals surface area contributed by atoms with Gasteiger partial charge in [-0.1, -0.05) is 6.92 Å². The van der Waals surface area contributed by atoms with Crippen LogP contribution in [0.1, 0.15) is 42.2 Å². The van der Waals surface area contributed by atoms with Crippen molar-refractivity contribution in [1.29, 1.82) is 0 Å². The number of pyridine rings is 1. The molecule has 1 aliphatic carbocycles. The fourth-order valence-corrected chi connectivity index (χ4v) is 6.08. The summed E-state index contributed by atoms with van der Waals surface area (Å²) < 4.78 is 0. The molecule has 0 saturated carbocycles. The van der Waals surface area contributed by atoms with Crippen LogP contribution >= 0.6 is 11.3 Å². The number of thiophene rings is 1. The van der Waals surface area contributed by atoms with Crippen LogP contribution in [0.25, 0.3) is 10.2 Å². The lowest BCUT2D eigenvalue weighted by atomic mass is 10.1. The third kappa shape index (κ3) is 3.29. The summed E-state index contributed by atoms with van der Waals surface area (Å²) in [5, 5.41) is 1.31. The molecule has 1 aliphatic heterocycles. The molecule has 5 rings (SSSR count). The highest BCUT2D eigenvalue weighted by molar-refractivity contribution is 7.19. The van der Waals surface area contributed by atoms with E-state index in [9.17, 15) is 0 Å². The fourth-order valence-electron chi connectivity index (χ4n) is 4.86. The quantitative estimate of drug-likeness (QED) is 0.632. The van der Waals surface area contributed by atoms with Gasteiger partial charge in [0.25, 0.3) is 0 Å². The maximum absolute atomic E-state index is 4.83. The van der Waals surface area contributed by atoms with Gasteiger partial charge in [-0.2, -0.15) is 0 Å². The van der Waals surface area contributed by atoms with Crippen LogP contribution in [0.2, 0.25) is 0 Å². The molecule has 3 aromatic heterocycles. The van der Waals surface area contributed by atoms with Gasteiger partial charge in [-0.05, 0) is 68.5 Å². The zero-order valence-electron chi connectivity index (χ0n) is 16.5. The zero-order valence-corrected chi connectivity index (χ0v) is 17.3. The molecule has 1 atom stereocenters. The van der Waals surface area contributed by atoms with Gasteiger partial charge in [0.15, 0.2) is 0 Å². The smallest absolute Gasteiger partial charge is 0.141 e. The molecule has 1 fully saturated rings. The molecule has 28 heavy (non-hydrogen) atoms. The van der Waals surface area contributed by atoms with Crippen molar-refractivity contribution in [2.45, 2.75) is 51.6 Å². The molecule has 0 aromatic carbocycles. The van der Waals surface area contributed by atoms with Gasteiger partial charge in [0.1, 0.15) is 17.0 Å². The minimum Gasteiger partial charge on any atom is -0.350 e. The van der Waals surface area contributed by atoms with E-state index in [-0.39, 0.29) is 0 Å². The molecular formula is C22H27N5S. The maximum Gasteiger partial charge on any atom is 0.141 e. The van der Waals surface area contributed by atoms with Gasteiger partial charge in [-0.25, -0.2) is 9.97 Å². The molecule has 1 unspecified atom stereocenters. The zero-order chi connectivity index (χ0) is 18.9. The molecule has 4 heterocycles. The molecule has 6 heteroatoms. The Morgan fingerprint density at radius 3 is 2.93 bits per heavy atom. The summed E-state index contributed by atoms with van der Waals surface area (Å²) in [7, 11) is 0. The second-order valence-electron chi connectivity index (χ2n) is 7.90. The highest BCUT2D eigenvalue weighted by Gasteiger charge is 2.28. The number of likely N-dealkylation sites (N-methyl/N-ethyl adjacent to an activating group) is 1. The molecule has 0 radical (unpaired) electrons. The molecule has 3 aromatic rings. The van der Waals surface area contributed by atoms with E-state index in [1.54, 1.807) is 6.33 Å². The molecule has 2 aliphatic rings. The van der Waals surface area contributed by atoms with Crippen LogP contribution in [0.3, 0.4) is 0 Å². The molecule has 0 spiro atoms. The second kappa shape index (κ2) is 7.76. The number of nitrogens with zero attached hydrogens (tertiary/aromatic N) is 5. The Bertz CT molecular complexity index is 954. The number of hydrogen-bond acceptors (Lipinski definition) is 6.